The van der Waals surface area contributed by atoms with E-state index in [-0.39, 0.29) is 5.91 Å². The summed E-state index contributed by atoms with van der Waals surface area (Å²) in [4.78, 5) is 14.5. The zero-order chi connectivity index (χ0) is 18.4. The van der Waals surface area contributed by atoms with Crippen LogP contribution in [0.1, 0.15) is 32.5 Å². The highest BCUT2D eigenvalue weighted by molar-refractivity contribution is 7.99. The van der Waals surface area contributed by atoms with Gasteiger partial charge in [0, 0.05) is 12.2 Å². The first-order chi connectivity index (χ1) is 12.6. The Labute approximate surface area is 159 Å². The first kappa shape index (κ1) is 18.9. The molecule has 0 spiro atoms. The second-order valence-electron chi connectivity index (χ2n) is 7.04. The van der Waals surface area contributed by atoms with Gasteiger partial charge in [0.15, 0.2) is 11.0 Å². The van der Waals surface area contributed by atoms with Gasteiger partial charge in [0.2, 0.25) is 5.91 Å². The third-order valence-electron chi connectivity index (χ3n) is 4.32. The van der Waals surface area contributed by atoms with Crippen LogP contribution in [0.5, 0.6) is 0 Å². The Morgan fingerprint density at radius 2 is 1.92 bits per heavy atom. The van der Waals surface area contributed by atoms with E-state index in [1.807, 2.05) is 18.2 Å². The third-order valence-corrected chi connectivity index (χ3v) is 5.25. The van der Waals surface area contributed by atoms with Gasteiger partial charge in [-0.3, -0.25) is 14.3 Å². The third kappa shape index (κ3) is 5.08. The van der Waals surface area contributed by atoms with E-state index in [1.165, 1.54) is 24.6 Å². The Balaban J connectivity index is 1.74. The summed E-state index contributed by atoms with van der Waals surface area (Å²) in [6, 6.07) is 10.1. The van der Waals surface area contributed by atoms with Crippen molar-refractivity contribution in [1.82, 2.24) is 25.0 Å². The van der Waals surface area contributed by atoms with Crippen molar-refractivity contribution in [2.75, 3.05) is 25.4 Å². The predicted octanol–water partition coefficient (Wildman–Crippen LogP) is 2.73. The summed E-state index contributed by atoms with van der Waals surface area (Å²) in [6.45, 7) is 7.89. The Kier molecular flexibility index (Phi) is 6.68. The first-order valence-corrected chi connectivity index (χ1v) is 10.2. The molecule has 140 valence electrons. The predicted molar refractivity (Wildman–Crippen MR) is 104 cm³/mol. The van der Waals surface area contributed by atoms with Crippen LogP contribution in [0, 0.1) is 5.92 Å². The molecule has 1 aliphatic rings. The normalized spacial score (nSPS) is 14.9. The van der Waals surface area contributed by atoms with Gasteiger partial charge in [-0.2, -0.15) is 0 Å². The number of para-hydroxylation sites is 1. The molecular formula is C19H27N5OS. The SMILES string of the molecule is CC(C)CNC(=O)CSc1nnc(CN2CCCC2)n1-c1ccccc1. The lowest BCUT2D eigenvalue weighted by Crippen LogP contribution is -2.28. The van der Waals surface area contributed by atoms with E-state index in [4.69, 9.17) is 0 Å². The smallest absolute Gasteiger partial charge is 0.230 e. The van der Waals surface area contributed by atoms with Gasteiger partial charge in [0.25, 0.3) is 0 Å². The van der Waals surface area contributed by atoms with Crippen molar-refractivity contribution in [2.24, 2.45) is 5.92 Å². The van der Waals surface area contributed by atoms with Gasteiger partial charge >= 0.3 is 0 Å². The minimum Gasteiger partial charge on any atom is -0.355 e. The Bertz CT molecular complexity index is 710. The van der Waals surface area contributed by atoms with Crippen molar-refractivity contribution in [2.45, 2.75) is 38.4 Å². The molecule has 0 atom stereocenters. The molecule has 0 bridgehead atoms. The van der Waals surface area contributed by atoms with Crippen molar-refractivity contribution in [3.05, 3.63) is 36.2 Å². The number of amides is 1. The number of thioether (sulfide) groups is 1. The molecule has 3 rings (SSSR count). The summed E-state index contributed by atoms with van der Waals surface area (Å²) in [5.41, 5.74) is 1.04. The molecule has 0 aliphatic carbocycles. The average molecular weight is 374 g/mol. The van der Waals surface area contributed by atoms with Crippen molar-refractivity contribution >= 4 is 17.7 Å². The van der Waals surface area contributed by atoms with Crippen LogP contribution in [-0.2, 0) is 11.3 Å². The van der Waals surface area contributed by atoms with Gasteiger partial charge < -0.3 is 5.32 Å². The van der Waals surface area contributed by atoms with Crippen LogP contribution in [0.4, 0.5) is 0 Å². The number of rotatable bonds is 8. The number of benzene rings is 1. The molecule has 1 fully saturated rings. The van der Waals surface area contributed by atoms with Gasteiger partial charge in [-0.1, -0.05) is 43.8 Å². The number of nitrogens with zero attached hydrogens (tertiary/aromatic N) is 4. The highest BCUT2D eigenvalue weighted by atomic mass is 32.2. The maximum absolute atomic E-state index is 12.1. The fourth-order valence-corrected chi connectivity index (χ4v) is 3.77. The summed E-state index contributed by atoms with van der Waals surface area (Å²) in [7, 11) is 0. The van der Waals surface area contributed by atoms with Crippen molar-refractivity contribution in [3.63, 3.8) is 0 Å². The molecule has 2 aromatic rings. The summed E-state index contributed by atoms with van der Waals surface area (Å²) in [5, 5.41) is 12.5. The highest BCUT2D eigenvalue weighted by Gasteiger charge is 2.20. The summed E-state index contributed by atoms with van der Waals surface area (Å²) in [6.07, 6.45) is 2.49. The zero-order valence-corrected chi connectivity index (χ0v) is 16.3. The molecule has 0 radical (unpaired) electrons. The number of nitrogens with one attached hydrogen (secondary N) is 1. The van der Waals surface area contributed by atoms with Crippen molar-refractivity contribution in [1.29, 1.82) is 0 Å². The average Bonchev–Trinajstić information content (AvgIpc) is 3.29. The van der Waals surface area contributed by atoms with Crippen LogP contribution >= 0.6 is 11.8 Å². The highest BCUT2D eigenvalue weighted by Crippen LogP contribution is 2.23. The van der Waals surface area contributed by atoms with Gasteiger partial charge in [-0.15, -0.1) is 10.2 Å². The molecule has 1 N–H and O–H groups in total. The van der Waals surface area contributed by atoms with Gasteiger partial charge in [-0.05, 0) is 44.0 Å². The molecule has 0 unspecified atom stereocenters. The lowest BCUT2D eigenvalue weighted by atomic mass is 10.2. The van der Waals surface area contributed by atoms with Gasteiger partial charge in [0.05, 0.1) is 12.3 Å². The summed E-state index contributed by atoms with van der Waals surface area (Å²) < 4.78 is 2.08. The van der Waals surface area contributed by atoms with Crippen molar-refractivity contribution < 1.29 is 4.79 Å². The fourth-order valence-electron chi connectivity index (χ4n) is 2.97. The van der Waals surface area contributed by atoms with Crippen LogP contribution in [0.15, 0.2) is 35.5 Å². The van der Waals surface area contributed by atoms with Crippen LogP contribution in [0.3, 0.4) is 0 Å². The molecule has 0 saturated carbocycles. The molecule has 1 aromatic carbocycles. The second kappa shape index (κ2) is 9.19. The quantitative estimate of drug-likeness (QED) is 0.721. The molecular weight excluding hydrogens is 346 g/mol. The van der Waals surface area contributed by atoms with Crippen LogP contribution in [0.2, 0.25) is 0 Å². The topological polar surface area (TPSA) is 63.1 Å². The number of carbonyl (C=O) groups excluding carboxylic acids is 1. The maximum Gasteiger partial charge on any atom is 0.230 e. The summed E-state index contributed by atoms with van der Waals surface area (Å²) in [5.74, 6) is 1.76. The molecule has 7 heteroatoms. The molecule has 1 amide bonds. The van der Waals surface area contributed by atoms with E-state index < -0.39 is 0 Å². The minimum atomic E-state index is 0.0346. The lowest BCUT2D eigenvalue weighted by Gasteiger charge is -2.16. The standard InChI is InChI=1S/C19H27N5OS/c1-15(2)12-20-18(25)14-26-19-22-21-17(13-23-10-6-7-11-23)24(19)16-8-4-3-5-9-16/h3-5,8-9,15H,6-7,10-14H2,1-2H3,(H,20,25). The van der Waals surface area contributed by atoms with E-state index in [0.717, 1.165) is 36.3 Å². The molecule has 1 saturated heterocycles. The van der Waals surface area contributed by atoms with E-state index in [9.17, 15) is 4.79 Å². The van der Waals surface area contributed by atoms with E-state index in [1.54, 1.807) is 0 Å². The molecule has 1 aromatic heterocycles. The largest absolute Gasteiger partial charge is 0.355 e. The Morgan fingerprint density at radius 1 is 1.19 bits per heavy atom. The number of likely N-dealkylation sites (tertiary alicyclic amines) is 1. The first-order valence-electron chi connectivity index (χ1n) is 9.25. The molecule has 6 nitrogen and oxygen atoms in total. The fraction of sp³-hybridized carbons (Fsp3) is 0.526. The van der Waals surface area contributed by atoms with E-state index in [0.29, 0.717) is 18.2 Å². The monoisotopic (exact) mass is 373 g/mol. The summed E-state index contributed by atoms with van der Waals surface area (Å²) >= 11 is 1.44. The number of carbonyl (C=O) groups is 1. The van der Waals surface area contributed by atoms with E-state index in [2.05, 4.69) is 51.0 Å². The molecule has 2 heterocycles. The second-order valence-corrected chi connectivity index (χ2v) is 7.98. The van der Waals surface area contributed by atoms with Crippen LogP contribution in [0.25, 0.3) is 5.69 Å². The molecule has 26 heavy (non-hydrogen) atoms. The van der Waals surface area contributed by atoms with Crippen LogP contribution < -0.4 is 5.32 Å². The van der Waals surface area contributed by atoms with E-state index >= 15 is 0 Å². The number of hydrogen-bond donors (Lipinski definition) is 1. The zero-order valence-electron chi connectivity index (χ0n) is 15.5. The minimum absolute atomic E-state index is 0.0346. The van der Waals surface area contributed by atoms with Gasteiger partial charge in [0.1, 0.15) is 0 Å². The Morgan fingerprint density at radius 3 is 2.62 bits per heavy atom. The van der Waals surface area contributed by atoms with Crippen molar-refractivity contribution in [3.8, 4) is 5.69 Å². The maximum atomic E-state index is 12.1. The number of hydrogen-bond acceptors (Lipinski definition) is 5. The lowest BCUT2D eigenvalue weighted by molar-refractivity contribution is -0.118. The van der Waals surface area contributed by atoms with Gasteiger partial charge in [-0.25, -0.2) is 0 Å². The van der Waals surface area contributed by atoms with Crippen LogP contribution in [-0.4, -0.2) is 51.0 Å². The molecule has 1 aliphatic heterocycles. The number of aromatic nitrogens is 3. The Hall–Kier alpha value is -1.86.